The SMILES string of the molecule is CCN(C(=O)c1ccc(=O)n(Cc2ccccc2)n1)C(C)c1cccc(C(F)(F)F)c1. The molecule has 1 aromatic heterocycles. The number of rotatable bonds is 6. The van der Waals surface area contributed by atoms with Crippen molar-refractivity contribution < 1.29 is 18.0 Å². The molecule has 31 heavy (non-hydrogen) atoms. The summed E-state index contributed by atoms with van der Waals surface area (Å²) in [6.45, 7) is 3.87. The fourth-order valence-electron chi connectivity index (χ4n) is 3.33. The molecule has 1 atom stereocenters. The Kier molecular flexibility index (Phi) is 6.58. The summed E-state index contributed by atoms with van der Waals surface area (Å²) >= 11 is 0. The molecule has 2 aromatic carbocycles. The Labute approximate surface area is 177 Å². The summed E-state index contributed by atoms with van der Waals surface area (Å²) in [5, 5.41) is 4.20. The average molecular weight is 429 g/mol. The summed E-state index contributed by atoms with van der Waals surface area (Å²) in [5.41, 5.74) is 0.148. The maximum Gasteiger partial charge on any atom is 0.416 e. The summed E-state index contributed by atoms with van der Waals surface area (Å²) < 4.78 is 40.4. The second-order valence-electron chi connectivity index (χ2n) is 7.09. The van der Waals surface area contributed by atoms with Gasteiger partial charge < -0.3 is 4.90 Å². The molecule has 1 heterocycles. The first-order chi connectivity index (χ1) is 14.7. The van der Waals surface area contributed by atoms with E-state index >= 15 is 0 Å². The third-order valence-electron chi connectivity index (χ3n) is 5.03. The second-order valence-corrected chi connectivity index (χ2v) is 7.09. The highest BCUT2D eigenvalue weighted by Gasteiger charge is 2.31. The van der Waals surface area contributed by atoms with E-state index in [4.69, 9.17) is 0 Å². The highest BCUT2D eigenvalue weighted by Crippen LogP contribution is 2.32. The summed E-state index contributed by atoms with van der Waals surface area (Å²) in [6, 6.07) is 16.1. The van der Waals surface area contributed by atoms with Crippen LogP contribution in [0.2, 0.25) is 0 Å². The highest BCUT2D eigenvalue weighted by atomic mass is 19.4. The number of carbonyl (C=O) groups is 1. The van der Waals surface area contributed by atoms with E-state index in [1.54, 1.807) is 19.9 Å². The Morgan fingerprint density at radius 2 is 1.77 bits per heavy atom. The van der Waals surface area contributed by atoms with Crippen LogP contribution in [-0.2, 0) is 12.7 Å². The Bertz CT molecular complexity index is 1110. The fraction of sp³-hybridized carbons (Fsp3) is 0.261. The molecule has 0 saturated heterocycles. The van der Waals surface area contributed by atoms with Crippen LogP contribution < -0.4 is 5.56 Å². The normalized spacial score (nSPS) is 12.4. The number of carbonyl (C=O) groups excluding carboxylic acids is 1. The highest BCUT2D eigenvalue weighted by molar-refractivity contribution is 5.92. The third kappa shape index (κ3) is 5.20. The largest absolute Gasteiger partial charge is 0.416 e. The lowest BCUT2D eigenvalue weighted by Crippen LogP contribution is -2.36. The third-order valence-corrected chi connectivity index (χ3v) is 5.03. The van der Waals surface area contributed by atoms with Gasteiger partial charge in [-0.25, -0.2) is 4.68 Å². The molecule has 162 valence electrons. The van der Waals surface area contributed by atoms with Crippen LogP contribution >= 0.6 is 0 Å². The molecule has 3 aromatic rings. The topological polar surface area (TPSA) is 55.2 Å². The minimum Gasteiger partial charge on any atom is -0.331 e. The molecule has 0 radical (unpaired) electrons. The quantitative estimate of drug-likeness (QED) is 0.578. The molecular weight excluding hydrogens is 407 g/mol. The molecule has 0 spiro atoms. The molecule has 0 aliphatic rings. The van der Waals surface area contributed by atoms with Crippen molar-refractivity contribution >= 4 is 5.91 Å². The molecule has 0 saturated carbocycles. The van der Waals surface area contributed by atoms with E-state index in [-0.39, 0.29) is 24.3 Å². The molecule has 0 N–H and O–H groups in total. The van der Waals surface area contributed by atoms with Crippen LogP contribution in [0.25, 0.3) is 0 Å². The van der Waals surface area contributed by atoms with E-state index < -0.39 is 23.7 Å². The van der Waals surface area contributed by atoms with Crippen molar-refractivity contribution in [3.05, 3.63) is 99.5 Å². The van der Waals surface area contributed by atoms with E-state index in [2.05, 4.69) is 5.10 Å². The zero-order valence-corrected chi connectivity index (χ0v) is 17.1. The van der Waals surface area contributed by atoms with Gasteiger partial charge in [0, 0.05) is 12.6 Å². The van der Waals surface area contributed by atoms with E-state index in [1.807, 2.05) is 30.3 Å². The van der Waals surface area contributed by atoms with E-state index in [1.165, 1.54) is 27.8 Å². The number of amides is 1. The number of alkyl halides is 3. The van der Waals surface area contributed by atoms with Gasteiger partial charge in [-0.05, 0) is 43.2 Å². The summed E-state index contributed by atoms with van der Waals surface area (Å²) in [5.74, 6) is -0.464. The molecule has 0 aliphatic heterocycles. The summed E-state index contributed by atoms with van der Waals surface area (Å²) in [4.78, 5) is 26.7. The van der Waals surface area contributed by atoms with E-state index in [0.717, 1.165) is 17.7 Å². The first-order valence-electron chi connectivity index (χ1n) is 9.81. The van der Waals surface area contributed by atoms with Crippen molar-refractivity contribution in [3.8, 4) is 0 Å². The smallest absolute Gasteiger partial charge is 0.331 e. The Morgan fingerprint density at radius 3 is 2.42 bits per heavy atom. The molecule has 1 unspecified atom stereocenters. The Hall–Kier alpha value is -3.42. The molecule has 0 fully saturated rings. The number of hydrogen-bond acceptors (Lipinski definition) is 3. The molecular formula is C23H22F3N3O2. The molecule has 3 rings (SSSR count). The van der Waals surface area contributed by atoms with Crippen molar-refractivity contribution in [2.75, 3.05) is 6.54 Å². The number of benzene rings is 2. The van der Waals surface area contributed by atoms with Gasteiger partial charge in [-0.15, -0.1) is 0 Å². The van der Waals surface area contributed by atoms with Crippen LogP contribution in [0.1, 0.15) is 47.1 Å². The predicted octanol–water partition coefficient (Wildman–Crippen LogP) is 4.53. The number of aromatic nitrogens is 2. The zero-order chi connectivity index (χ0) is 22.6. The van der Waals surface area contributed by atoms with Crippen LogP contribution in [0.15, 0.2) is 71.5 Å². The minimum atomic E-state index is -4.47. The van der Waals surface area contributed by atoms with Gasteiger partial charge >= 0.3 is 6.18 Å². The van der Waals surface area contributed by atoms with Gasteiger partial charge in [0.1, 0.15) is 5.69 Å². The van der Waals surface area contributed by atoms with Crippen molar-refractivity contribution in [1.29, 1.82) is 0 Å². The van der Waals surface area contributed by atoms with E-state index in [9.17, 15) is 22.8 Å². The van der Waals surface area contributed by atoms with Crippen LogP contribution in [0, 0.1) is 0 Å². The summed E-state index contributed by atoms with van der Waals surface area (Å²) in [7, 11) is 0. The first kappa shape index (κ1) is 22.3. The van der Waals surface area contributed by atoms with E-state index in [0.29, 0.717) is 5.56 Å². The zero-order valence-electron chi connectivity index (χ0n) is 17.1. The lowest BCUT2D eigenvalue weighted by Gasteiger charge is -2.28. The first-order valence-corrected chi connectivity index (χ1v) is 9.81. The van der Waals surface area contributed by atoms with Gasteiger partial charge in [0.2, 0.25) is 0 Å². The Morgan fingerprint density at radius 1 is 1.06 bits per heavy atom. The number of nitrogens with zero attached hydrogens (tertiary/aromatic N) is 3. The van der Waals surface area contributed by atoms with Gasteiger partial charge in [0.05, 0.1) is 18.2 Å². The van der Waals surface area contributed by atoms with Crippen LogP contribution in [0.4, 0.5) is 13.2 Å². The lowest BCUT2D eigenvalue weighted by atomic mass is 10.0. The molecule has 0 bridgehead atoms. The maximum absolute atomic E-state index is 13.1. The van der Waals surface area contributed by atoms with Gasteiger partial charge in [-0.2, -0.15) is 18.3 Å². The molecule has 8 heteroatoms. The van der Waals surface area contributed by atoms with Gasteiger partial charge in [0.15, 0.2) is 0 Å². The fourth-order valence-corrected chi connectivity index (χ4v) is 3.33. The van der Waals surface area contributed by atoms with Crippen LogP contribution in [0.5, 0.6) is 0 Å². The van der Waals surface area contributed by atoms with Crippen LogP contribution in [0.3, 0.4) is 0 Å². The van der Waals surface area contributed by atoms with Crippen molar-refractivity contribution in [2.24, 2.45) is 0 Å². The maximum atomic E-state index is 13.1. The van der Waals surface area contributed by atoms with Crippen molar-refractivity contribution in [1.82, 2.24) is 14.7 Å². The van der Waals surface area contributed by atoms with Crippen molar-refractivity contribution in [2.45, 2.75) is 32.6 Å². The van der Waals surface area contributed by atoms with Crippen molar-refractivity contribution in [3.63, 3.8) is 0 Å². The second kappa shape index (κ2) is 9.16. The number of halogens is 3. The predicted molar refractivity (Wildman–Crippen MR) is 111 cm³/mol. The molecule has 1 amide bonds. The van der Waals surface area contributed by atoms with Gasteiger partial charge in [0.25, 0.3) is 11.5 Å². The lowest BCUT2D eigenvalue weighted by molar-refractivity contribution is -0.137. The standard InChI is InChI=1S/C23H22F3N3O2/c1-3-28(16(2)18-10-7-11-19(14-18)23(24,25)26)22(31)20-12-13-21(30)29(27-20)15-17-8-5-4-6-9-17/h4-14,16H,3,15H2,1-2H3. The van der Waals surface area contributed by atoms with Crippen LogP contribution in [-0.4, -0.2) is 27.1 Å². The summed E-state index contributed by atoms with van der Waals surface area (Å²) in [6.07, 6.45) is -4.47. The van der Waals surface area contributed by atoms with Gasteiger partial charge in [-0.1, -0.05) is 42.5 Å². The molecule has 0 aliphatic carbocycles. The minimum absolute atomic E-state index is 0.0520. The van der Waals surface area contributed by atoms with Gasteiger partial charge in [-0.3, -0.25) is 9.59 Å². The number of hydrogen-bond donors (Lipinski definition) is 0. The average Bonchev–Trinajstić information content (AvgIpc) is 2.76. The molecule has 5 nitrogen and oxygen atoms in total. The Balaban J connectivity index is 1.88. The monoisotopic (exact) mass is 429 g/mol.